The molecule has 29 heavy (non-hydrogen) atoms. The molecule has 1 unspecified atom stereocenters. The number of hydrogen-bond acceptors (Lipinski definition) is 3. The van der Waals surface area contributed by atoms with Gasteiger partial charge in [0, 0.05) is 0 Å². The molecular weight excluding hydrogens is 398 g/mol. The van der Waals surface area contributed by atoms with Gasteiger partial charge in [0.15, 0.2) is 0 Å². The van der Waals surface area contributed by atoms with Gasteiger partial charge in [0.1, 0.15) is 0 Å². The average molecular weight is 428 g/mol. The van der Waals surface area contributed by atoms with E-state index in [4.69, 9.17) is 0 Å². The van der Waals surface area contributed by atoms with E-state index in [0.717, 1.165) is 22.6 Å². The van der Waals surface area contributed by atoms with Gasteiger partial charge in [-0.15, -0.1) is 0 Å². The summed E-state index contributed by atoms with van der Waals surface area (Å²) in [6.07, 6.45) is 0. The molecule has 1 atom stereocenters. The van der Waals surface area contributed by atoms with E-state index in [1.165, 1.54) is 15.9 Å². The molecule has 3 nitrogen and oxygen atoms in total. The quantitative estimate of drug-likeness (QED) is 0.484. The van der Waals surface area contributed by atoms with Gasteiger partial charge in [-0.2, -0.15) is 0 Å². The minimum absolute atomic E-state index is 0.0361. The number of aliphatic hydroxyl groups excluding tert-OH is 3. The van der Waals surface area contributed by atoms with Crippen LogP contribution in [0.15, 0.2) is 72.8 Å². The second-order valence-electron chi connectivity index (χ2n) is 7.73. The predicted molar refractivity (Wildman–Crippen MR) is 128 cm³/mol. The van der Waals surface area contributed by atoms with Crippen LogP contribution in [-0.4, -0.2) is 34.6 Å². The van der Waals surface area contributed by atoms with Gasteiger partial charge in [0.05, 0.1) is 0 Å². The molecule has 0 saturated heterocycles. The van der Waals surface area contributed by atoms with E-state index in [9.17, 15) is 15.3 Å². The summed E-state index contributed by atoms with van der Waals surface area (Å²) in [5, 5.41) is 32.7. The van der Waals surface area contributed by atoms with Crippen LogP contribution in [0, 0.1) is 0 Å². The average Bonchev–Trinajstić information content (AvgIpc) is 2.79. The zero-order chi connectivity index (χ0) is 20.9. The van der Waals surface area contributed by atoms with Crippen molar-refractivity contribution in [1.82, 2.24) is 0 Å². The molecule has 3 aromatic rings. The summed E-state index contributed by atoms with van der Waals surface area (Å²) in [7, 11) is -2.56. The van der Waals surface area contributed by atoms with E-state index < -0.39 is 15.2 Å². The number of rotatable bonds is 8. The van der Waals surface area contributed by atoms with Gasteiger partial charge in [-0.3, -0.25) is 0 Å². The Labute approximate surface area is 175 Å². The molecule has 3 aromatic carbocycles. The molecule has 0 aliphatic rings. The van der Waals surface area contributed by atoms with Crippen LogP contribution in [0.3, 0.4) is 0 Å². The Balaban J connectivity index is 2.06. The first-order valence-corrected chi connectivity index (χ1v) is 14.5. The minimum atomic E-state index is -2.13. The van der Waals surface area contributed by atoms with Gasteiger partial charge in [0.2, 0.25) is 0 Å². The van der Waals surface area contributed by atoms with Gasteiger partial charge >= 0.3 is 175 Å². The first kappa shape index (κ1) is 22.1. The van der Waals surface area contributed by atoms with Crippen LogP contribution >= 0.6 is 15.2 Å². The molecule has 0 radical (unpaired) electrons. The van der Waals surface area contributed by atoms with Gasteiger partial charge < -0.3 is 0 Å². The van der Waals surface area contributed by atoms with Gasteiger partial charge in [0.25, 0.3) is 0 Å². The Bertz CT molecular complexity index is 911. The predicted octanol–water partition coefficient (Wildman–Crippen LogP) is 2.89. The fourth-order valence-corrected chi connectivity index (χ4v) is 12.8. The molecule has 3 N–H and O–H groups in total. The van der Waals surface area contributed by atoms with Gasteiger partial charge in [-0.25, -0.2) is 0 Å². The Hall–Kier alpha value is -1.60. The summed E-state index contributed by atoms with van der Waals surface area (Å²) in [5.74, 6) is 1.06. The van der Waals surface area contributed by atoms with Crippen molar-refractivity contribution in [3.05, 3.63) is 89.5 Å². The molecule has 0 spiro atoms. The van der Waals surface area contributed by atoms with E-state index in [2.05, 4.69) is 49.7 Å². The van der Waals surface area contributed by atoms with Crippen molar-refractivity contribution in [2.24, 2.45) is 0 Å². The summed E-state index contributed by atoms with van der Waals surface area (Å²) < 4.78 is 0. The van der Waals surface area contributed by atoms with Crippen molar-refractivity contribution in [3.63, 3.8) is 0 Å². The second-order valence-corrected chi connectivity index (χ2v) is 14.7. The summed E-state index contributed by atoms with van der Waals surface area (Å²) in [4.78, 5) is 0. The van der Waals surface area contributed by atoms with E-state index in [0.29, 0.717) is 0 Å². The third-order valence-corrected chi connectivity index (χ3v) is 14.3. The molecule has 0 aromatic heterocycles. The van der Waals surface area contributed by atoms with Crippen molar-refractivity contribution in [2.75, 3.05) is 19.2 Å². The van der Waals surface area contributed by atoms with Crippen LogP contribution in [-0.2, 0) is 19.8 Å². The van der Waals surface area contributed by atoms with E-state index in [1.807, 2.05) is 36.4 Å². The Kier molecular flexibility index (Phi) is 7.57. The first-order valence-electron chi connectivity index (χ1n) is 9.81. The summed E-state index contributed by atoms with van der Waals surface area (Å²) in [6.45, 7) is 4.82. The van der Waals surface area contributed by atoms with Crippen LogP contribution in [0.5, 0.6) is 0 Å². The molecule has 3 rings (SSSR count). The van der Waals surface area contributed by atoms with E-state index in [1.54, 1.807) is 0 Å². The Morgan fingerprint density at radius 1 is 0.690 bits per heavy atom. The molecule has 0 bridgehead atoms. The monoisotopic (exact) mass is 428 g/mol. The third kappa shape index (κ3) is 5.12. The van der Waals surface area contributed by atoms with Crippen molar-refractivity contribution in [1.29, 1.82) is 0 Å². The van der Waals surface area contributed by atoms with Crippen molar-refractivity contribution < 1.29 is 15.3 Å². The molecule has 0 amide bonds. The first-order chi connectivity index (χ1) is 14.0. The maximum absolute atomic E-state index is 9.66. The van der Waals surface area contributed by atoms with Crippen molar-refractivity contribution in [2.45, 2.75) is 19.8 Å². The zero-order valence-electron chi connectivity index (χ0n) is 17.0. The fourth-order valence-electron chi connectivity index (χ4n) is 3.83. The second kappa shape index (κ2) is 9.94. The van der Waals surface area contributed by atoms with Crippen LogP contribution in [0.4, 0.5) is 0 Å². The van der Waals surface area contributed by atoms with Gasteiger partial charge in [-0.1, -0.05) is 0 Å². The zero-order valence-corrected chi connectivity index (χ0v) is 18.9. The molecule has 5 heteroatoms. The summed E-state index contributed by atoms with van der Waals surface area (Å²) in [5.41, 5.74) is 2.81. The molecule has 0 aliphatic carbocycles. The van der Waals surface area contributed by atoms with Crippen LogP contribution < -0.4 is 15.9 Å². The molecule has 154 valence electrons. The fraction of sp³-hybridized carbons (Fsp3) is 0.250. The maximum atomic E-state index is 9.66. The van der Waals surface area contributed by atoms with Crippen LogP contribution in [0.1, 0.15) is 16.7 Å². The Morgan fingerprint density at radius 2 is 1.14 bits per heavy atom. The van der Waals surface area contributed by atoms with E-state index in [-0.39, 0.29) is 19.8 Å². The van der Waals surface area contributed by atoms with Crippen molar-refractivity contribution in [3.8, 4) is 0 Å². The molecule has 0 fully saturated rings. The SMILES string of the molecule is CP(C[PH](C)(c1cccc(CO)c1)c1cccc(CO)c1)c1cccc(CO)c1. The third-order valence-electron chi connectivity index (χ3n) is 5.58. The number of benzene rings is 3. The Morgan fingerprint density at radius 3 is 1.62 bits per heavy atom. The molecular formula is C24H30O3P2. The van der Waals surface area contributed by atoms with Crippen LogP contribution in [0.2, 0.25) is 0 Å². The van der Waals surface area contributed by atoms with Crippen molar-refractivity contribution >= 4 is 31.1 Å². The normalized spacial score (nSPS) is 13.3. The summed E-state index contributed by atoms with van der Waals surface area (Å²) in [6, 6.07) is 24.9. The molecule has 0 heterocycles. The molecule has 0 saturated carbocycles. The molecule has 0 aliphatic heterocycles. The number of aliphatic hydroxyl groups is 3. The van der Waals surface area contributed by atoms with E-state index >= 15 is 0 Å². The van der Waals surface area contributed by atoms with Gasteiger partial charge in [-0.05, 0) is 0 Å². The standard InChI is InChI=1S/C24H30O3P2/c1-28(22-9-3-6-19(12-22)15-25)18-29(2,23-10-4-7-20(13-23)16-26)24-11-5-8-21(14-24)17-27/h3-14,25-27,29H,15-18H2,1-2H3. The topological polar surface area (TPSA) is 60.7 Å². The number of hydrogen-bond donors (Lipinski definition) is 3. The van der Waals surface area contributed by atoms with Crippen LogP contribution in [0.25, 0.3) is 0 Å². The summed E-state index contributed by atoms with van der Waals surface area (Å²) >= 11 is 0.